The van der Waals surface area contributed by atoms with Crippen LogP contribution in [0.4, 0.5) is 0 Å². The summed E-state index contributed by atoms with van der Waals surface area (Å²) in [7, 11) is 0. The van der Waals surface area contributed by atoms with Crippen LogP contribution in [0.25, 0.3) is 0 Å². The molecule has 0 aromatic carbocycles. The maximum Gasteiger partial charge on any atom is 0.332 e. The van der Waals surface area contributed by atoms with Gasteiger partial charge in [0.1, 0.15) is 6.10 Å². The predicted octanol–water partition coefficient (Wildman–Crippen LogP) is 1.56. The van der Waals surface area contributed by atoms with Crippen molar-refractivity contribution < 1.29 is 19.4 Å². The quantitative estimate of drug-likeness (QED) is 0.812. The van der Waals surface area contributed by atoms with E-state index >= 15 is 0 Å². The van der Waals surface area contributed by atoms with E-state index in [2.05, 4.69) is 12.2 Å². The molecule has 1 aliphatic carbocycles. The Morgan fingerprint density at radius 1 is 1.16 bits per heavy atom. The Bertz CT molecular complexity index is 344. The van der Waals surface area contributed by atoms with Gasteiger partial charge in [-0.1, -0.05) is 26.2 Å². The number of nitrogens with one attached hydrogen (secondary N) is 1. The molecule has 1 amide bonds. The molecule has 0 bridgehead atoms. The third-order valence-corrected chi connectivity index (χ3v) is 4.42. The summed E-state index contributed by atoms with van der Waals surface area (Å²) in [6, 6.07) is 0. The smallest absolute Gasteiger partial charge is 0.332 e. The summed E-state index contributed by atoms with van der Waals surface area (Å²) in [4.78, 5) is 22.7. The predicted molar refractivity (Wildman–Crippen MR) is 69.7 cm³/mol. The molecule has 1 heterocycles. The molecule has 2 N–H and O–H groups in total. The van der Waals surface area contributed by atoms with E-state index in [0.29, 0.717) is 31.2 Å². The van der Waals surface area contributed by atoms with Crippen LogP contribution < -0.4 is 5.32 Å². The van der Waals surface area contributed by atoms with Crippen molar-refractivity contribution in [3.63, 3.8) is 0 Å². The van der Waals surface area contributed by atoms with Crippen LogP contribution in [-0.2, 0) is 14.3 Å². The number of hydrogen-bond acceptors (Lipinski definition) is 3. The highest BCUT2D eigenvalue weighted by atomic mass is 16.5. The minimum atomic E-state index is -0.976. The first-order valence-corrected chi connectivity index (χ1v) is 7.24. The van der Waals surface area contributed by atoms with E-state index in [1.165, 1.54) is 25.7 Å². The van der Waals surface area contributed by atoms with Crippen molar-refractivity contribution in [3.8, 4) is 0 Å². The molecule has 2 fully saturated rings. The molecule has 1 saturated heterocycles. The first-order chi connectivity index (χ1) is 9.08. The lowest BCUT2D eigenvalue weighted by molar-refractivity contribution is -0.151. The van der Waals surface area contributed by atoms with Gasteiger partial charge in [-0.3, -0.25) is 4.79 Å². The minimum absolute atomic E-state index is 0.151. The third kappa shape index (κ3) is 3.69. The Morgan fingerprint density at radius 3 is 2.47 bits per heavy atom. The number of rotatable bonds is 4. The molecule has 5 heteroatoms. The zero-order valence-corrected chi connectivity index (χ0v) is 11.4. The number of amides is 1. The van der Waals surface area contributed by atoms with Crippen molar-refractivity contribution in [1.82, 2.24) is 5.32 Å². The minimum Gasteiger partial charge on any atom is -0.479 e. The van der Waals surface area contributed by atoms with Gasteiger partial charge in [0.05, 0.1) is 0 Å². The van der Waals surface area contributed by atoms with Crippen molar-refractivity contribution in [2.24, 2.45) is 11.8 Å². The van der Waals surface area contributed by atoms with Crippen molar-refractivity contribution in [3.05, 3.63) is 0 Å². The lowest BCUT2D eigenvalue weighted by Crippen LogP contribution is -2.39. The summed E-state index contributed by atoms with van der Waals surface area (Å²) in [6.45, 7) is 2.93. The zero-order chi connectivity index (χ0) is 13.8. The standard InChI is InChI=1S/C14H23NO4/c1-9-4-2-3-5-10(9)8-15-13(16)11-6-7-12(19-11)14(17)18/h9-12H,2-8H2,1H3,(H,15,16)(H,17,18)/t9?,10?,11-,12+/m0/s1. The van der Waals surface area contributed by atoms with Crippen molar-refractivity contribution in [1.29, 1.82) is 0 Å². The van der Waals surface area contributed by atoms with Crippen LogP contribution in [0.3, 0.4) is 0 Å². The Labute approximate surface area is 113 Å². The van der Waals surface area contributed by atoms with Crippen LogP contribution in [0.5, 0.6) is 0 Å². The molecule has 0 aromatic rings. The molecule has 0 radical (unpaired) electrons. The molecular formula is C14H23NO4. The molecule has 5 nitrogen and oxygen atoms in total. The molecule has 4 atom stereocenters. The van der Waals surface area contributed by atoms with Gasteiger partial charge in [-0.05, 0) is 31.1 Å². The van der Waals surface area contributed by atoms with E-state index in [1.807, 2.05) is 0 Å². The maximum absolute atomic E-state index is 11.9. The SMILES string of the molecule is CC1CCCCC1CNC(=O)[C@@H]1CC[C@H](C(=O)O)O1. The van der Waals surface area contributed by atoms with Gasteiger partial charge in [0.2, 0.25) is 5.91 Å². The highest BCUT2D eigenvalue weighted by molar-refractivity contribution is 5.82. The lowest BCUT2D eigenvalue weighted by Gasteiger charge is -2.29. The van der Waals surface area contributed by atoms with Crippen LogP contribution >= 0.6 is 0 Å². The fraction of sp³-hybridized carbons (Fsp3) is 0.857. The Hall–Kier alpha value is -1.10. The molecule has 0 aromatic heterocycles. The normalized spacial score (nSPS) is 35.0. The topological polar surface area (TPSA) is 75.6 Å². The molecule has 108 valence electrons. The van der Waals surface area contributed by atoms with Gasteiger partial charge >= 0.3 is 5.97 Å². The van der Waals surface area contributed by atoms with Gasteiger partial charge in [0.15, 0.2) is 6.10 Å². The second-order valence-corrected chi connectivity index (χ2v) is 5.80. The second kappa shape index (κ2) is 6.37. The van der Waals surface area contributed by atoms with Crippen molar-refractivity contribution >= 4 is 11.9 Å². The molecule has 2 unspecified atom stereocenters. The molecule has 2 aliphatic rings. The zero-order valence-electron chi connectivity index (χ0n) is 11.4. The van der Waals surface area contributed by atoms with Crippen LogP contribution in [0.1, 0.15) is 45.4 Å². The van der Waals surface area contributed by atoms with Gasteiger partial charge in [-0.2, -0.15) is 0 Å². The summed E-state index contributed by atoms with van der Waals surface area (Å²) in [6.07, 6.45) is 4.47. The van der Waals surface area contributed by atoms with Crippen LogP contribution in [0.15, 0.2) is 0 Å². The van der Waals surface area contributed by atoms with Gasteiger partial charge in [0.25, 0.3) is 0 Å². The molecule has 19 heavy (non-hydrogen) atoms. The number of hydrogen-bond donors (Lipinski definition) is 2. The number of ether oxygens (including phenoxy) is 1. The number of carboxylic acid groups (broad SMARTS) is 1. The third-order valence-electron chi connectivity index (χ3n) is 4.42. The second-order valence-electron chi connectivity index (χ2n) is 5.80. The molecule has 1 saturated carbocycles. The molecule has 0 spiro atoms. The van der Waals surface area contributed by atoms with E-state index in [0.717, 1.165) is 0 Å². The van der Waals surface area contributed by atoms with E-state index in [4.69, 9.17) is 9.84 Å². The largest absolute Gasteiger partial charge is 0.479 e. The Balaban J connectivity index is 1.74. The summed E-state index contributed by atoms with van der Waals surface area (Å²) >= 11 is 0. The highest BCUT2D eigenvalue weighted by Crippen LogP contribution is 2.29. The molecular weight excluding hydrogens is 246 g/mol. The van der Waals surface area contributed by atoms with Crippen molar-refractivity contribution in [2.75, 3.05) is 6.54 Å². The summed E-state index contributed by atoms with van der Waals surface area (Å²) < 4.78 is 5.24. The molecule has 2 rings (SSSR count). The number of carboxylic acids is 1. The van der Waals surface area contributed by atoms with E-state index < -0.39 is 18.2 Å². The van der Waals surface area contributed by atoms with E-state index in [-0.39, 0.29) is 5.91 Å². The number of carbonyl (C=O) groups is 2. The number of carbonyl (C=O) groups excluding carboxylic acids is 1. The summed E-state index contributed by atoms with van der Waals surface area (Å²) in [5, 5.41) is 11.8. The highest BCUT2D eigenvalue weighted by Gasteiger charge is 2.35. The molecule has 1 aliphatic heterocycles. The van der Waals surface area contributed by atoms with E-state index in [1.54, 1.807) is 0 Å². The summed E-state index contributed by atoms with van der Waals surface area (Å²) in [5.41, 5.74) is 0. The fourth-order valence-electron chi connectivity index (χ4n) is 3.05. The van der Waals surface area contributed by atoms with Crippen molar-refractivity contribution in [2.45, 2.75) is 57.7 Å². The van der Waals surface area contributed by atoms with Gasteiger partial charge in [0, 0.05) is 6.54 Å². The van der Waals surface area contributed by atoms with Gasteiger partial charge in [-0.25, -0.2) is 4.79 Å². The average Bonchev–Trinajstić information content (AvgIpc) is 2.87. The van der Waals surface area contributed by atoms with Crippen LogP contribution in [0.2, 0.25) is 0 Å². The van der Waals surface area contributed by atoms with E-state index in [9.17, 15) is 9.59 Å². The monoisotopic (exact) mass is 269 g/mol. The fourth-order valence-corrected chi connectivity index (χ4v) is 3.05. The Kier molecular flexibility index (Phi) is 4.80. The Morgan fingerprint density at radius 2 is 1.84 bits per heavy atom. The first-order valence-electron chi connectivity index (χ1n) is 7.24. The number of aliphatic carboxylic acids is 1. The van der Waals surface area contributed by atoms with Gasteiger partial charge in [-0.15, -0.1) is 0 Å². The van der Waals surface area contributed by atoms with Gasteiger partial charge < -0.3 is 15.2 Å². The summed E-state index contributed by atoms with van der Waals surface area (Å²) in [5.74, 6) is 0.0809. The average molecular weight is 269 g/mol. The first kappa shape index (κ1) is 14.3. The van der Waals surface area contributed by atoms with Crippen LogP contribution in [-0.4, -0.2) is 35.7 Å². The van der Waals surface area contributed by atoms with Crippen LogP contribution in [0, 0.1) is 11.8 Å². The lowest BCUT2D eigenvalue weighted by atomic mass is 9.80. The maximum atomic E-state index is 11.9.